The SMILES string of the molecule is CCOC(=O)N1CCN(C(=O)Cc2csc(Cc3ccccc3)n2)CC1. The molecule has 1 aliphatic heterocycles. The van der Waals surface area contributed by atoms with E-state index in [9.17, 15) is 9.59 Å². The number of benzene rings is 1. The van der Waals surface area contributed by atoms with Crippen molar-refractivity contribution in [2.45, 2.75) is 19.8 Å². The molecule has 3 rings (SSSR count). The summed E-state index contributed by atoms with van der Waals surface area (Å²) in [5.74, 6) is 0.0602. The van der Waals surface area contributed by atoms with Crippen LogP contribution in [-0.2, 0) is 22.4 Å². The molecule has 6 nitrogen and oxygen atoms in total. The highest BCUT2D eigenvalue weighted by molar-refractivity contribution is 7.09. The molecule has 2 aromatic rings. The highest BCUT2D eigenvalue weighted by Crippen LogP contribution is 2.16. The Labute approximate surface area is 157 Å². The van der Waals surface area contributed by atoms with Gasteiger partial charge in [0.05, 0.1) is 23.7 Å². The number of thiazole rings is 1. The lowest BCUT2D eigenvalue weighted by atomic mass is 10.2. The molecule has 138 valence electrons. The molecule has 0 spiro atoms. The molecule has 1 aliphatic rings. The Morgan fingerprint density at radius 3 is 2.50 bits per heavy atom. The summed E-state index contributed by atoms with van der Waals surface area (Å²) in [6, 6.07) is 10.2. The van der Waals surface area contributed by atoms with Crippen molar-refractivity contribution >= 4 is 23.3 Å². The summed E-state index contributed by atoms with van der Waals surface area (Å²) >= 11 is 1.59. The summed E-state index contributed by atoms with van der Waals surface area (Å²) in [5, 5.41) is 2.98. The number of hydrogen-bond acceptors (Lipinski definition) is 5. The van der Waals surface area contributed by atoms with Crippen molar-refractivity contribution in [3.8, 4) is 0 Å². The molecule has 26 heavy (non-hydrogen) atoms. The molecule has 1 aromatic heterocycles. The summed E-state index contributed by atoms with van der Waals surface area (Å²) in [6.45, 7) is 4.27. The maximum absolute atomic E-state index is 12.5. The fourth-order valence-electron chi connectivity index (χ4n) is 2.90. The summed E-state index contributed by atoms with van der Waals surface area (Å²) < 4.78 is 5.00. The van der Waals surface area contributed by atoms with E-state index in [4.69, 9.17) is 4.74 Å². The van der Waals surface area contributed by atoms with Gasteiger partial charge in [-0.25, -0.2) is 9.78 Å². The molecule has 0 saturated carbocycles. The molecule has 0 radical (unpaired) electrons. The van der Waals surface area contributed by atoms with Crippen molar-refractivity contribution in [3.05, 3.63) is 52.0 Å². The predicted octanol–water partition coefficient (Wildman–Crippen LogP) is 2.58. The van der Waals surface area contributed by atoms with Gasteiger partial charge in [-0.05, 0) is 12.5 Å². The van der Waals surface area contributed by atoms with Crippen LogP contribution in [0, 0.1) is 0 Å². The largest absolute Gasteiger partial charge is 0.450 e. The second-order valence-electron chi connectivity index (χ2n) is 6.14. The first-order valence-corrected chi connectivity index (χ1v) is 9.70. The quantitative estimate of drug-likeness (QED) is 0.808. The van der Waals surface area contributed by atoms with Gasteiger partial charge in [-0.2, -0.15) is 0 Å². The lowest BCUT2D eigenvalue weighted by Gasteiger charge is -2.34. The zero-order valence-corrected chi connectivity index (χ0v) is 15.7. The van der Waals surface area contributed by atoms with E-state index < -0.39 is 0 Å². The maximum Gasteiger partial charge on any atom is 0.409 e. The van der Waals surface area contributed by atoms with Gasteiger partial charge < -0.3 is 14.5 Å². The number of carbonyl (C=O) groups is 2. The summed E-state index contributed by atoms with van der Waals surface area (Å²) in [5.41, 5.74) is 2.04. The van der Waals surface area contributed by atoms with Crippen molar-refractivity contribution in [1.29, 1.82) is 0 Å². The van der Waals surface area contributed by atoms with Gasteiger partial charge in [0.1, 0.15) is 0 Å². The third-order valence-electron chi connectivity index (χ3n) is 4.29. The van der Waals surface area contributed by atoms with E-state index in [1.165, 1.54) is 5.56 Å². The number of ether oxygens (including phenoxy) is 1. The van der Waals surface area contributed by atoms with E-state index in [1.807, 2.05) is 23.6 Å². The monoisotopic (exact) mass is 373 g/mol. The van der Waals surface area contributed by atoms with Crippen LogP contribution in [0.5, 0.6) is 0 Å². The highest BCUT2D eigenvalue weighted by Gasteiger charge is 2.25. The fraction of sp³-hybridized carbons (Fsp3) is 0.421. The van der Waals surface area contributed by atoms with Crippen LogP contribution in [0.2, 0.25) is 0 Å². The van der Waals surface area contributed by atoms with Crippen LogP contribution in [0.1, 0.15) is 23.2 Å². The van der Waals surface area contributed by atoms with Gasteiger partial charge in [0.15, 0.2) is 0 Å². The molecule has 2 amide bonds. The van der Waals surface area contributed by atoms with Crippen molar-refractivity contribution in [2.75, 3.05) is 32.8 Å². The first-order chi connectivity index (χ1) is 12.7. The molecule has 1 aromatic carbocycles. The third kappa shape index (κ3) is 4.82. The second-order valence-corrected chi connectivity index (χ2v) is 7.08. The molecule has 0 N–H and O–H groups in total. The van der Waals surface area contributed by atoms with E-state index in [-0.39, 0.29) is 12.0 Å². The average molecular weight is 373 g/mol. The molecule has 2 heterocycles. The van der Waals surface area contributed by atoms with Gasteiger partial charge in [-0.3, -0.25) is 4.79 Å². The van der Waals surface area contributed by atoms with Crippen LogP contribution in [-0.4, -0.2) is 59.6 Å². The Morgan fingerprint density at radius 2 is 1.81 bits per heavy atom. The van der Waals surface area contributed by atoms with Gasteiger partial charge in [0.25, 0.3) is 0 Å². The number of nitrogens with zero attached hydrogens (tertiary/aromatic N) is 3. The molecular weight excluding hydrogens is 350 g/mol. The van der Waals surface area contributed by atoms with E-state index >= 15 is 0 Å². The summed E-state index contributed by atoms with van der Waals surface area (Å²) in [4.78, 5) is 32.2. The van der Waals surface area contributed by atoms with Crippen LogP contribution >= 0.6 is 11.3 Å². The van der Waals surface area contributed by atoms with Gasteiger partial charge in [-0.1, -0.05) is 30.3 Å². The number of amides is 2. The summed E-state index contributed by atoms with van der Waals surface area (Å²) in [6.07, 6.45) is 0.799. The minimum Gasteiger partial charge on any atom is -0.450 e. The van der Waals surface area contributed by atoms with Crippen molar-refractivity contribution in [3.63, 3.8) is 0 Å². The van der Waals surface area contributed by atoms with Gasteiger partial charge >= 0.3 is 6.09 Å². The Hall–Kier alpha value is -2.41. The molecule has 1 saturated heterocycles. The first-order valence-electron chi connectivity index (χ1n) is 8.82. The Kier molecular flexibility index (Phi) is 6.22. The minimum absolute atomic E-state index is 0.0602. The molecule has 0 bridgehead atoms. The molecule has 0 unspecified atom stereocenters. The lowest BCUT2D eigenvalue weighted by molar-refractivity contribution is -0.132. The number of hydrogen-bond donors (Lipinski definition) is 0. The van der Waals surface area contributed by atoms with Crippen molar-refractivity contribution < 1.29 is 14.3 Å². The molecular formula is C19H23N3O3S. The number of aromatic nitrogens is 1. The number of piperazine rings is 1. The zero-order chi connectivity index (χ0) is 18.4. The van der Waals surface area contributed by atoms with Crippen molar-refractivity contribution in [1.82, 2.24) is 14.8 Å². The van der Waals surface area contributed by atoms with Crippen LogP contribution in [0.3, 0.4) is 0 Å². The third-order valence-corrected chi connectivity index (χ3v) is 5.19. The van der Waals surface area contributed by atoms with E-state index in [0.717, 1.165) is 17.1 Å². The Bertz CT molecular complexity index is 739. The van der Waals surface area contributed by atoms with E-state index in [1.54, 1.807) is 28.1 Å². The molecule has 0 aliphatic carbocycles. The topological polar surface area (TPSA) is 62.7 Å². The smallest absolute Gasteiger partial charge is 0.409 e. The summed E-state index contributed by atoms with van der Waals surface area (Å²) in [7, 11) is 0. The average Bonchev–Trinajstić information content (AvgIpc) is 3.09. The van der Waals surface area contributed by atoms with Crippen molar-refractivity contribution in [2.24, 2.45) is 0 Å². The maximum atomic E-state index is 12.5. The van der Waals surface area contributed by atoms with E-state index in [0.29, 0.717) is 39.2 Å². The zero-order valence-electron chi connectivity index (χ0n) is 14.9. The molecule has 1 fully saturated rings. The normalized spacial score (nSPS) is 14.3. The standard InChI is InChI=1S/C19H23N3O3S/c1-2-25-19(24)22-10-8-21(9-11-22)18(23)13-16-14-26-17(20-16)12-15-6-4-3-5-7-15/h3-7,14H,2,8-13H2,1H3. The minimum atomic E-state index is -0.301. The number of carbonyl (C=O) groups excluding carboxylic acids is 2. The van der Waals surface area contributed by atoms with Crippen LogP contribution in [0.15, 0.2) is 35.7 Å². The van der Waals surface area contributed by atoms with Crippen LogP contribution in [0.4, 0.5) is 4.79 Å². The Morgan fingerprint density at radius 1 is 1.12 bits per heavy atom. The molecule has 0 atom stereocenters. The predicted molar refractivity (Wildman–Crippen MR) is 100 cm³/mol. The van der Waals surface area contributed by atoms with Crippen LogP contribution in [0.25, 0.3) is 0 Å². The number of rotatable bonds is 5. The first kappa shape index (κ1) is 18.4. The highest BCUT2D eigenvalue weighted by atomic mass is 32.1. The van der Waals surface area contributed by atoms with E-state index in [2.05, 4.69) is 17.1 Å². The van der Waals surface area contributed by atoms with Crippen LogP contribution < -0.4 is 0 Å². The van der Waals surface area contributed by atoms with Gasteiger partial charge in [0.2, 0.25) is 5.91 Å². The lowest BCUT2D eigenvalue weighted by Crippen LogP contribution is -2.51. The Balaban J connectivity index is 1.49. The van der Waals surface area contributed by atoms with Gasteiger partial charge in [0, 0.05) is 38.0 Å². The van der Waals surface area contributed by atoms with Gasteiger partial charge in [-0.15, -0.1) is 11.3 Å². The molecule has 7 heteroatoms. The second kappa shape index (κ2) is 8.80. The fourth-order valence-corrected chi connectivity index (χ4v) is 3.73.